The van der Waals surface area contributed by atoms with E-state index in [1.165, 1.54) is 4.68 Å². The molecule has 1 aromatic rings. The highest BCUT2D eigenvalue weighted by Gasteiger charge is 2.23. The van der Waals surface area contributed by atoms with Crippen LogP contribution in [-0.4, -0.2) is 34.4 Å². The standard InChI is InChI=1S/C11H18N4O2/c1-8(9-3-2-6-17-9)13-11(16)7-15-5-4-10(12)14-15/h4-5,8-9H,2-3,6-7H2,1H3,(H2,12,14)(H,13,16). The minimum absolute atomic E-state index is 0.0397. The number of hydrogen-bond donors (Lipinski definition) is 2. The Morgan fingerprint density at radius 3 is 3.24 bits per heavy atom. The molecule has 6 heteroatoms. The van der Waals surface area contributed by atoms with Crippen LogP contribution in [0.1, 0.15) is 19.8 Å². The van der Waals surface area contributed by atoms with Gasteiger partial charge in [-0.05, 0) is 25.8 Å². The third-order valence-corrected chi connectivity index (χ3v) is 2.88. The van der Waals surface area contributed by atoms with Crippen molar-refractivity contribution < 1.29 is 9.53 Å². The number of nitrogens with two attached hydrogens (primary N) is 1. The van der Waals surface area contributed by atoms with Gasteiger partial charge in [-0.1, -0.05) is 0 Å². The second-order valence-corrected chi connectivity index (χ2v) is 4.35. The van der Waals surface area contributed by atoms with Crippen molar-refractivity contribution in [3.63, 3.8) is 0 Å². The zero-order valence-electron chi connectivity index (χ0n) is 9.93. The maximum atomic E-state index is 11.7. The first-order valence-electron chi connectivity index (χ1n) is 5.85. The molecule has 1 amide bonds. The molecule has 0 radical (unpaired) electrons. The molecule has 94 valence electrons. The summed E-state index contributed by atoms with van der Waals surface area (Å²) in [6.07, 6.45) is 3.91. The van der Waals surface area contributed by atoms with Gasteiger partial charge < -0.3 is 15.8 Å². The van der Waals surface area contributed by atoms with Gasteiger partial charge >= 0.3 is 0 Å². The number of anilines is 1. The van der Waals surface area contributed by atoms with Crippen molar-refractivity contribution in [1.82, 2.24) is 15.1 Å². The smallest absolute Gasteiger partial charge is 0.242 e. The molecule has 1 aliphatic heterocycles. The van der Waals surface area contributed by atoms with E-state index in [9.17, 15) is 4.79 Å². The lowest BCUT2D eigenvalue weighted by atomic mass is 10.1. The number of nitrogens with zero attached hydrogens (tertiary/aromatic N) is 2. The Bertz CT molecular complexity index is 385. The zero-order valence-corrected chi connectivity index (χ0v) is 9.93. The monoisotopic (exact) mass is 238 g/mol. The fraction of sp³-hybridized carbons (Fsp3) is 0.636. The van der Waals surface area contributed by atoms with Gasteiger partial charge in [0.25, 0.3) is 0 Å². The van der Waals surface area contributed by atoms with Gasteiger partial charge in [-0.2, -0.15) is 5.10 Å². The first-order chi connectivity index (χ1) is 8.15. The van der Waals surface area contributed by atoms with Crippen LogP contribution in [0.3, 0.4) is 0 Å². The Hall–Kier alpha value is -1.56. The molecule has 1 aromatic heterocycles. The van der Waals surface area contributed by atoms with Crippen molar-refractivity contribution in [3.05, 3.63) is 12.3 Å². The summed E-state index contributed by atoms with van der Waals surface area (Å²) in [6, 6.07) is 1.70. The molecule has 3 N–H and O–H groups in total. The number of carbonyl (C=O) groups excluding carboxylic acids is 1. The van der Waals surface area contributed by atoms with Crippen LogP contribution in [0.2, 0.25) is 0 Å². The largest absolute Gasteiger partial charge is 0.382 e. The Morgan fingerprint density at radius 1 is 1.82 bits per heavy atom. The van der Waals surface area contributed by atoms with Gasteiger partial charge in [0.05, 0.1) is 12.1 Å². The highest BCUT2D eigenvalue weighted by molar-refractivity contribution is 5.76. The summed E-state index contributed by atoms with van der Waals surface area (Å²) < 4.78 is 7.03. The van der Waals surface area contributed by atoms with Crippen molar-refractivity contribution in [2.24, 2.45) is 0 Å². The molecule has 6 nitrogen and oxygen atoms in total. The van der Waals surface area contributed by atoms with E-state index in [0.717, 1.165) is 19.4 Å². The molecule has 2 rings (SSSR count). The number of nitrogens with one attached hydrogen (secondary N) is 1. The number of ether oxygens (including phenoxy) is 1. The van der Waals surface area contributed by atoms with E-state index in [0.29, 0.717) is 5.82 Å². The Morgan fingerprint density at radius 2 is 2.65 bits per heavy atom. The lowest BCUT2D eigenvalue weighted by molar-refractivity contribution is -0.123. The van der Waals surface area contributed by atoms with Gasteiger partial charge in [-0.25, -0.2) is 0 Å². The minimum atomic E-state index is -0.0731. The summed E-state index contributed by atoms with van der Waals surface area (Å²) in [6.45, 7) is 2.94. The molecule has 17 heavy (non-hydrogen) atoms. The van der Waals surface area contributed by atoms with Crippen molar-refractivity contribution >= 4 is 11.7 Å². The lowest BCUT2D eigenvalue weighted by Crippen LogP contribution is -2.42. The van der Waals surface area contributed by atoms with Gasteiger partial charge in [-0.15, -0.1) is 0 Å². The minimum Gasteiger partial charge on any atom is -0.382 e. The molecule has 0 saturated carbocycles. The molecule has 2 heterocycles. The van der Waals surface area contributed by atoms with E-state index in [1.807, 2.05) is 6.92 Å². The van der Waals surface area contributed by atoms with Crippen molar-refractivity contribution in [3.8, 4) is 0 Å². The van der Waals surface area contributed by atoms with Crippen LogP contribution in [0.25, 0.3) is 0 Å². The molecular formula is C11H18N4O2. The van der Waals surface area contributed by atoms with Crippen LogP contribution in [-0.2, 0) is 16.1 Å². The van der Waals surface area contributed by atoms with Crippen molar-refractivity contribution in [1.29, 1.82) is 0 Å². The predicted molar refractivity (Wildman–Crippen MR) is 63.2 cm³/mol. The third kappa shape index (κ3) is 3.20. The normalized spacial score (nSPS) is 21.4. The van der Waals surface area contributed by atoms with Gasteiger partial charge in [0, 0.05) is 12.8 Å². The maximum absolute atomic E-state index is 11.7. The van der Waals surface area contributed by atoms with Crippen LogP contribution in [0.4, 0.5) is 5.82 Å². The van der Waals surface area contributed by atoms with E-state index in [-0.39, 0.29) is 24.6 Å². The predicted octanol–water partition coefficient (Wildman–Crippen LogP) is 0.149. The number of carbonyl (C=O) groups is 1. The van der Waals surface area contributed by atoms with Crippen molar-refractivity contribution in [2.75, 3.05) is 12.3 Å². The average molecular weight is 238 g/mol. The van der Waals surface area contributed by atoms with Crippen LogP contribution < -0.4 is 11.1 Å². The third-order valence-electron chi connectivity index (χ3n) is 2.88. The van der Waals surface area contributed by atoms with E-state index in [2.05, 4.69) is 10.4 Å². The number of amides is 1. The molecule has 2 atom stereocenters. The van der Waals surface area contributed by atoms with Gasteiger partial charge in [-0.3, -0.25) is 9.48 Å². The molecule has 1 fully saturated rings. The first kappa shape index (κ1) is 11.9. The molecule has 1 aliphatic rings. The Labute approximate surface area is 100 Å². The summed E-state index contributed by atoms with van der Waals surface area (Å²) in [5.41, 5.74) is 5.47. The molecule has 0 aliphatic carbocycles. The fourth-order valence-electron chi connectivity index (χ4n) is 2.00. The van der Waals surface area contributed by atoms with Crippen LogP contribution in [0, 0.1) is 0 Å². The fourth-order valence-corrected chi connectivity index (χ4v) is 2.00. The zero-order chi connectivity index (χ0) is 12.3. The quantitative estimate of drug-likeness (QED) is 0.782. The molecule has 1 saturated heterocycles. The van der Waals surface area contributed by atoms with Crippen LogP contribution in [0.5, 0.6) is 0 Å². The Balaban J connectivity index is 1.80. The van der Waals surface area contributed by atoms with Gasteiger partial charge in [0.1, 0.15) is 12.4 Å². The molecule has 0 spiro atoms. The SMILES string of the molecule is CC(NC(=O)Cn1ccc(N)n1)C1CCCO1. The van der Waals surface area contributed by atoms with E-state index in [4.69, 9.17) is 10.5 Å². The number of hydrogen-bond acceptors (Lipinski definition) is 4. The molecular weight excluding hydrogens is 220 g/mol. The van der Waals surface area contributed by atoms with Gasteiger partial charge in [0.2, 0.25) is 5.91 Å². The number of nitrogen functional groups attached to an aromatic ring is 1. The second kappa shape index (κ2) is 5.18. The average Bonchev–Trinajstić information content (AvgIpc) is 2.89. The first-order valence-corrected chi connectivity index (χ1v) is 5.85. The summed E-state index contributed by atoms with van der Waals surface area (Å²) in [5.74, 6) is 0.348. The van der Waals surface area contributed by atoms with Crippen LogP contribution in [0.15, 0.2) is 12.3 Å². The summed E-state index contributed by atoms with van der Waals surface area (Å²) in [5, 5.41) is 6.87. The highest BCUT2D eigenvalue weighted by Crippen LogP contribution is 2.15. The summed E-state index contributed by atoms with van der Waals surface area (Å²) >= 11 is 0. The molecule has 0 aromatic carbocycles. The van der Waals surface area contributed by atoms with E-state index >= 15 is 0 Å². The Kier molecular flexibility index (Phi) is 3.63. The van der Waals surface area contributed by atoms with Gasteiger partial charge in [0.15, 0.2) is 0 Å². The summed E-state index contributed by atoms with van der Waals surface area (Å²) in [4.78, 5) is 11.7. The summed E-state index contributed by atoms with van der Waals surface area (Å²) in [7, 11) is 0. The van der Waals surface area contributed by atoms with Crippen molar-refractivity contribution in [2.45, 2.75) is 38.5 Å². The topological polar surface area (TPSA) is 82.2 Å². The second-order valence-electron chi connectivity index (χ2n) is 4.35. The van der Waals surface area contributed by atoms with Crippen LogP contribution >= 0.6 is 0 Å². The molecule has 2 unspecified atom stereocenters. The number of rotatable bonds is 4. The maximum Gasteiger partial charge on any atom is 0.242 e. The molecule has 0 bridgehead atoms. The highest BCUT2D eigenvalue weighted by atomic mass is 16.5. The number of aromatic nitrogens is 2. The lowest BCUT2D eigenvalue weighted by Gasteiger charge is -2.19. The van der Waals surface area contributed by atoms with E-state index in [1.54, 1.807) is 12.3 Å². The van der Waals surface area contributed by atoms with E-state index < -0.39 is 0 Å².